The molecule has 8 nitrogen and oxygen atoms in total. The van der Waals surface area contributed by atoms with Crippen molar-refractivity contribution in [2.75, 3.05) is 31.1 Å². The van der Waals surface area contributed by atoms with Crippen LogP contribution in [-0.2, 0) is 11.3 Å². The van der Waals surface area contributed by atoms with E-state index in [1.807, 2.05) is 6.07 Å². The van der Waals surface area contributed by atoms with E-state index < -0.39 is 0 Å². The van der Waals surface area contributed by atoms with Crippen LogP contribution < -0.4 is 4.90 Å². The highest BCUT2D eigenvalue weighted by Crippen LogP contribution is 2.28. The van der Waals surface area contributed by atoms with Crippen LogP contribution in [-0.4, -0.2) is 61.8 Å². The monoisotopic (exact) mass is 406 g/mol. The number of benzene rings is 1. The summed E-state index contributed by atoms with van der Waals surface area (Å²) in [6.07, 6.45) is 2.92. The van der Waals surface area contributed by atoms with Gasteiger partial charge in [-0.05, 0) is 12.1 Å². The number of phenolic OH excluding ortho intramolecular Hbond substituents is 1. The van der Waals surface area contributed by atoms with E-state index in [4.69, 9.17) is 23.2 Å². The van der Waals surface area contributed by atoms with Crippen molar-refractivity contribution >= 4 is 45.8 Å². The minimum absolute atomic E-state index is 0.0339. The Kier molecular flexibility index (Phi) is 4.75. The maximum absolute atomic E-state index is 12.6. The summed E-state index contributed by atoms with van der Waals surface area (Å²) >= 11 is 11.9. The van der Waals surface area contributed by atoms with Gasteiger partial charge in [0, 0.05) is 37.9 Å². The maximum Gasteiger partial charge on any atom is 0.244 e. The number of amides is 1. The van der Waals surface area contributed by atoms with E-state index in [1.165, 1.54) is 11.0 Å². The fraction of sp³-hybridized carbons (Fsp3) is 0.294. The van der Waals surface area contributed by atoms with E-state index in [0.717, 1.165) is 5.69 Å². The Morgan fingerprint density at radius 1 is 1.15 bits per heavy atom. The molecule has 1 amide bonds. The largest absolute Gasteiger partial charge is 0.506 e. The molecule has 27 heavy (non-hydrogen) atoms. The molecule has 0 unspecified atom stereocenters. The molecular weight excluding hydrogens is 391 g/mol. The number of nitrogens with zero attached hydrogens (tertiary/aromatic N) is 6. The molecule has 3 heterocycles. The van der Waals surface area contributed by atoms with Gasteiger partial charge in [0.1, 0.15) is 23.8 Å². The van der Waals surface area contributed by atoms with Crippen LogP contribution in [0.4, 0.5) is 5.69 Å². The smallest absolute Gasteiger partial charge is 0.244 e. The Labute approximate surface area is 164 Å². The molecule has 0 spiro atoms. The molecule has 2 aromatic heterocycles. The molecule has 3 aromatic rings. The van der Waals surface area contributed by atoms with Gasteiger partial charge in [-0.25, -0.2) is 14.6 Å². The first-order valence-corrected chi connectivity index (χ1v) is 9.12. The molecule has 1 aliphatic rings. The van der Waals surface area contributed by atoms with Crippen molar-refractivity contribution in [1.29, 1.82) is 0 Å². The number of aromatic hydroxyl groups is 1. The zero-order valence-corrected chi connectivity index (χ0v) is 15.7. The molecule has 0 saturated carbocycles. The van der Waals surface area contributed by atoms with E-state index in [-0.39, 0.29) is 18.2 Å². The molecule has 1 aliphatic heterocycles. The molecule has 4 rings (SSSR count). The fourth-order valence-electron chi connectivity index (χ4n) is 3.12. The number of aromatic nitrogens is 4. The molecule has 0 radical (unpaired) electrons. The van der Waals surface area contributed by atoms with Crippen LogP contribution in [0, 0.1) is 0 Å². The van der Waals surface area contributed by atoms with Crippen molar-refractivity contribution in [3.8, 4) is 5.75 Å². The van der Waals surface area contributed by atoms with Crippen LogP contribution in [0.15, 0.2) is 30.7 Å². The van der Waals surface area contributed by atoms with E-state index in [1.54, 1.807) is 23.2 Å². The highest BCUT2D eigenvalue weighted by molar-refractivity contribution is 6.33. The number of rotatable bonds is 3. The van der Waals surface area contributed by atoms with Crippen LogP contribution in [0.3, 0.4) is 0 Å². The lowest BCUT2D eigenvalue weighted by Gasteiger charge is -2.36. The second-order valence-corrected chi connectivity index (χ2v) is 6.97. The summed E-state index contributed by atoms with van der Waals surface area (Å²) in [6.45, 7) is 2.59. The Hall–Kier alpha value is -2.58. The highest BCUT2D eigenvalue weighted by Gasteiger charge is 2.23. The summed E-state index contributed by atoms with van der Waals surface area (Å²) in [5.74, 6) is 0.0206. The predicted molar refractivity (Wildman–Crippen MR) is 102 cm³/mol. The number of fused-ring (bicyclic) bond motifs is 1. The molecular formula is C17H16Cl2N6O2. The lowest BCUT2D eigenvalue weighted by molar-refractivity contribution is -0.132. The first kappa shape index (κ1) is 17.8. The van der Waals surface area contributed by atoms with Gasteiger partial charge in [-0.3, -0.25) is 4.79 Å². The molecule has 0 atom stereocenters. The van der Waals surface area contributed by atoms with Crippen molar-refractivity contribution in [3.05, 3.63) is 40.9 Å². The Balaban J connectivity index is 1.41. The van der Waals surface area contributed by atoms with Gasteiger partial charge in [-0.2, -0.15) is 5.10 Å². The van der Waals surface area contributed by atoms with Gasteiger partial charge in [0.15, 0.2) is 5.65 Å². The number of phenols is 1. The SMILES string of the molecule is O=C(Cn1ncc2c(Cl)ncnc21)N1CCN(c2ccc(Cl)c(O)c2)CC1. The van der Waals surface area contributed by atoms with Gasteiger partial charge in [-0.1, -0.05) is 23.2 Å². The Morgan fingerprint density at radius 3 is 2.67 bits per heavy atom. The summed E-state index contributed by atoms with van der Waals surface area (Å²) in [4.78, 5) is 24.6. The number of carbonyl (C=O) groups is 1. The fourth-order valence-corrected chi connectivity index (χ4v) is 3.41. The number of halogens is 2. The van der Waals surface area contributed by atoms with Gasteiger partial charge in [0.25, 0.3) is 0 Å². The quantitative estimate of drug-likeness (QED) is 0.670. The third-order valence-electron chi connectivity index (χ3n) is 4.60. The lowest BCUT2D eigenvalue weighted by atomic mass is 10.2. The molecule has 1 fully saturated rings. The van der Waals surface area contributed by atoms with E-state index in [0.29, 0.717) is 47.4 Å². The molecule has 1 saturated heterocycles. The predicted octanol–water partition coefficient (Wildman–Crippen LogP) is 2.19. The maximum atomic E-state index is 12.6. The molecule has 140 valence electrons. The molecule has 1 aromatic carbocycles. The van der Waals surface area contributed by atoms with Crippen molar-refractivity contribution in [2.45, 2.75) is 6.54 Å². The molecule has 0 bridgehead atoms. The van der Waals surface area contributed by atoms with Gasteiger partial charge < -0.3 is 14.9 Å². The topological polar surface area (TPSA) is 87.4 Å². The minimum Gasteiger partial charge on any atom is -0.506 e. The zero-order valence-electron chi connectivity index (χ0n) is 14.2. The van der Waals surface area contributed by atoms with Gasteiger partial charge in [0.2, 0.25) is 5.91 Å². The van der Waals surface area contributed by atoms with Crippen molar-refractivity contribution in [1.82, 2.24) is 24.6 Å². The second kappa shape index (κ2) is 7.21. The molecule has 0 aliphatic carbocycles. The van der Waals surface area contributed by atoms with Gasteiger partial charge in [0.05, 0.1) is 16.6 Å². The van der Waals surface area contributed by atoms with E-state index >= 15 is 0 Å². The van der Waals surface area contributed by atoms with Crippen molar-refractivity contribution < 1.29 is 9.90 Å². The standard InChI is InChI=1S/C17H16Cl2N6O2/c18-13-2-1-11(7-14(13)26)23-3-5-24(6-4-23)15(27)9-25-17-12(8-22-25)16(19)20-10-21-17/h1-2,7-8,10,26H,3-6,9H2. The van der Waals surface area contributed by atoms with E-state index in [9.17, 15) is 9.90 Å². The summed E-state index contributed by atoms with van der Waals surface area (Å²) in [7, 11) is 0. The first-order chi connectivity index (χ1) is 13.0. The summed E-state index contributed by atoms with van der Waals surface area (Å²) < 4.78 is 1.54. The normalized spacial score (nSPS) is 14.7. The highest BCUT2D eigenvalue weighted by atomic mass is 35.5. The number of hydrogen-bond acceptors (Lipinski definition) is 6. The first-order valence-electron chi connectivity index (χ1n) is 8.36. The van der Waals surface area contributed by atoms with Crippen LogP contribution in [0.2, 0.25) is 10.2 Å². The van der Waals surface area contributed by atoms with Crippen molar-refractivity contribution in [3.63, 3.8) is 0 Å². The van der Waals surface area contributed by atoms with Crippen molar-refractivity contribution in [2.24, 2.45) is 0 Å². The number of anilines is 1. The summed E-state index contributed by atoms with van der Waals surface area (Å²) in [6, 6.07) is 5.16. The Bertz CT molecular complexity index is 1000. The van der Waals surface area contributed by atoms with Crippen LogP contribution in [0.5, 0.6) is 5.75 Å². The summed E-state index contributed by atoms with van der Waals surface area (Å²) in [5.41, 5.74) is 1.42. The van der Waals surface area contributed by atoms with Crippen LogP contribution in [0.1, 0.15) is 0 Å². The minimum atomic E-state index is -0.0339. The van der Waals surface area contributed by atoms with Crippen LogP contribution in [0.25, 0.3) is 11.0 Å². The average molecular weight is 407 g/mol. The van der Waals surface area contributed by atoms with Crippen LogP contribution >= 0.6 is 23.2 Å². The average Bonchev–Trinajstić information content (AvgIpc) is 3.08. The van der Waals surface area contributed by atoms with Gasteiger partial charge in [-0.15, -0.1) is 0 Å². The molecule has 1 N–H and O–H groups in total. The third-order valence-corrected chi connectivity index (χ3v) is 5.22. The zero-order chi connectivity index (χ0) is 19.0. The number of piperazine rings is 1. The lowest BCUT2D eigenvalue weighted by Crippen LogP contribution is -2.49. The third kappa shape index (κ3) is 3.50. The van der Waals surface area contributed by atoms with Gasteiger partial charge >= 0.3 is 0 Å². The van der Waals surface area contributed by atoms with E-state index in [2.05, 4.69) is 20.0 Å². The number of carbonyl (C=O) groups excluding carboxylic acids is 1. The Morgan fingerprint density at radius 2 is 1.93 bits per heavy atom. The molecule has 10 heteroatoms. The summed E-state index contributed by atoms with van der Waals surface area (Å²) in [5, 5.41) is 15.2. The number of hydrogen-bond donors (Lipinski definition) is 1. The second-order valence-electron chi connectivity index (χ2n) is 6.21.